The van der Waals surface area contributed by atoms with Crippen LogP contribution in [0.5, 0.6) is 0 Å². The molecule has 8 nitrogen and oxygen atoms in total. The average Bonchev–Trinajstić information content (AvgIpc) is 2.69. The molecule has 0 saturated carbocycles. The van der Waals surface area contributed by atoms with Gasteiger partial charge in [-0.15, -0.1) is 0 Å². The van der Waals surface area contributed by atoms with Gasteiger partial charge in [0.05, 0.1) is 10.7 Å². The van der Waals surface area contributed by atoms with Crippen LogP contribution in [0, 0.1) is 5.82 Å². The van der Waals surface area contributed by atoms with E-state index >= 15 is 0 Å². The number of nitrogens with one attached hydrogen (secondary N) is 2. The van der Waals surface area contributed by atoms with Gasteiger partial charge in [-0.05, 0) is 42.3 Å². The van der Waals surface area contributed by atoms with E-state index in [0.717, 1.165) is 18.2 Å². The summed E-state index contributed by atoms with van der Waals surface area (Å²) in [4.78, 5) is 10.6. The molecule has 1 heterocycles. The molecule has 31 heavy (non-hydrogen) atoms. The number of anilines is 2. The van der Waals surface area contributed by atoms with E-state index in [1.807, 2.05) is 0 Å². The summed E-state index contributed by atoms with van der Waals surface area (Å²) in [7, 11) is -8.33. The maximum absolute atomic E-state index is 14.5. The minimum atomic E-state index is -4.39. The van der Waals surface area contributed by atoms with Crippen molar-refractivity contribution in [3.8, 4) is 0 Å². The van der Waals surface area contributed by atoms with Crippen LogP contribution in [0.15, 0.2) is 40.1 Å². The minimum absolute atomic E-state index is 0.0643. The highest BCUT2D eigenvalue weighted by atomic mass is 35.5. The van der Waals surface area contributed by atoms with Crippen molar-refractivity contribution in [2.45, 2.75) is 36.5 Å². The average molecular weight is 490 g/mol. The van der Waals surface area contributed by atoms with Gasteiger partial charge >= 0.3 is 0 Å². The molecule has 0 spiro atoms. The number of carbonyl (C=O) groups is 1. The number of rotatable bonds is 7. The molecule has 0 unspecified atom stereocenters. The largest absolute Gasteiger partial charge is 0.326 e. The molecule has 12 heteroatoms. The van der Waals surface area contributed by atoms with Gasteiger partial charge in [0.1, 0.15) is 15.6 Å². The summed E-state index contributed by atoms with van der Waals surface area (Å²) >= 11 is 6.07. The predicted molar refractivity (Wildman–Crippen MR) is 116 cm³/mol. The molecule has 0 saturated heterocycles. The first-order valence-electron chi connectivity index (χ1n) is 9.44. The first-order chi connectivity index (χ1) is 14.5. The van der Waals surface area contributed by atoms with E-state index in [9.17, 15) is 26.0 Å². The fraction of sp³-hybridized carbons (Fsp3) is 0.316. The normalized spacial score (nSPS) is 14.3. The van der Waals surface area contributed by atoms with E-state index in [0.29, 0.717) is 5.56 Å². The SMILES string of the molecule is CCN(CC)S(=O)(=O)c1cc(NS(=O)(=O)c2cc3c(cc2F)NC(=O)CC3)ccc1Cl. The van der Waals surface area contributed by atoms with E-state index in [1.165, 1.54) is 16.4 Å². The topological polar surface area (TPSA) is 113 Å². The van der Waals surface area contributed by atoms with Gasteiger partial charge in [0, 0.05) is 25.2 Å². The number of nitrogens with zero attached hydrogens (tertiary/aromatic N) is 1. The van der Waals surface area contributed by atoms with Crippen LogP contribution in [0.1, 0.15) is 25.8 Å². The van der Waals surface area contributed by atoms with Gasteiger partial charge in [0.25, 0.3) is 10.0 Å². The van der Waals surface area contributed by atoms with Crippen molar-refractivity contribution < 1.29 is 26.0 Å². The van der Waals surface area contributed by atoms with Crippen LogP contribution in [-0.4, -0.2) is 40.1 Å². The number of benzene rings is 2. The van der Waals surface area contributed by atoms with Crippen molar-refractivity contribution >= 4 is 48.9 Å². The van der Waals surface area contributed by atoms with Crippen molar-refractivity contribution in [1.82, 2.24) is 4.31 Å². The molecular formula is C19H21ClFN3O5S2. The molecule has 0 atom stereocenters. The van der Waals surface area contributed by atoms with Crippen LogP contribution < -0.4 is 10.0 Å². The highest BCUT2D eigenvalue weighted by Crippen LogP contribution is 2.31. The van der Waals surface area contributed by atoms with Crippen LogP contribution >= 0.6 is 11.6 Å². The second-order valence-corrected chi connectivity index (χ2v) is 10.8. The molecule has 2 aromatic rings. The molecule has 1 amide bonds. The zero-order valence-electron chi connectivity index (χ0n) is 16.8. The Kier molecular flexibility index (Phi) is 6.61. The quantitative estimate of drug-likeness (QED) is 0.620. The maximum Gasteiger partial charge on any atom is 0.264 e. The number of amides is 1. The predicted octanol–water partition coefficient (Wildman–Crippen LogP) is 3.20. The van der Waals surface area contributed by atoms with Gasteiger partial charge in [-0.3, -0.25) is 9.52 Å². The number of hydrogen-bond acceptors (Lipinski definition) is 5. The van der Waals surface area contributed by atoms with Gasteiger partial charge in [0.15, 0.2) is 0 Å². The molecule has 168 valence electrons. The summed E-state index contributed by atoms with van der Waals surface area (Å²) in [6.45, 7) is 3.76. The van der Waals surface area contributed by atoms with Crippen molar-refractivity contribution in [3.63, 3.8) is 0 Å². The first-order valence-corrected chi connectivity index (χ1v) is 12.7. The Labute approximate surface area is 185 Å². The summed E-state index contributed by atoms with van der Waals surface area (Å²) in [6.07, 6.45) is 0.437. The Morgan fingerprint density at radius 1 is 1.06 bits per heavy atom. The van der Waals surface area contributed by atoms with Gasteiger partial charge in [0.2, 0.25) is 15.9 Å². The Hall–Kier alpha value is -2.21. The number of aryl methyl sites for hydroxylation is 1. The van der Waals surface area contributed by atoms with Crippen molar-refractivity contribution in [3.05, 3.63) is 46.7 Å². The zero-order chi connectivity index (χ0) is 23.0. The molecule has 0 aliphatic carbocycles. The number of fused-ring (bicyclic) bond motifs is 1. The zero-order valence-corrected chi connectivity index (χ0v) is 19.2. The molecule has 3 rings (SSSR count). The van der Waals surface area contributed by atoms with Gasteiger partial charge in [-0.1, -0.05) is 25.4 Å². The second kappa shape index (κ2) is 8.73. The fourth-order valence-electron chi connectivity index (χ4n) is 3.26. The summed E-state index contributed by atoms with van der Waals surface area (Å²) < 4.78 is 69.2. The van der Waals surface area contributed by atoms with E-state index in [2.05, 4.69) is 10.0 Å². The Morgan fingerprint density at radius 3 is 2.39 bits per heavy atom. The molecule has 0 bridgehead atoms. The van der Waals surface area contributed by atoms with Crippen molar-refractivity contribution in [2.75, 3.05) is 23.1 Å². The molecule has 0 radical (unpaired) electrons. The summed E-state index contributed by atoms with van der Waals surface area (Å²) in [5, 5.41) is 2.44. The summed E-state index contributed by atoms with van der Waals surface area (Å²) in [5.41, 5.74) is 0.634. The number of hydrogen-bond donors (Lipinski definition) is 2. The molecule has 2 N–H and O–H groups in total. The molecule has 0 aromatic heterocycles. The van der Waals surface area contributed by atoms with Gasteiger partial charge in [-0.25, -0.2) is 21.2 Å². The summed E-state index contributed by atoms with van der Waals surface area (Å²) in [5.74, 6) is -1.32. The smallest absolute Gasteiger partial charge is 0.264 e. The highest BCUT2D eigenvalue weighted by Gasteiger charge is 2.27. The maximum atomic E-state index is 14.5. The lowest BCUT2D eigenvalue weighted by Gasteiger charge is -2.20. The third-order valence-corrected chi connectivity index (χ3v) is 8.78. The lowest BCUT2D eigenvalue weighted by atomic mass is 10.0. The number of sulfonamides is 2. The standard InChI is InChI=1S/C19H21ClFN3O5S2/c1-3-24(4-2)31(28,29)17-10-13(6-7-14(17)20)23-30(26,27)18-9-12-5-8-19(25)22-16(12)11-15(18)21/h6-7,9-11,23H,3-5,8H2,1-2H3,(H,22,25). The third-order valence-electron chi connectivity index (χ3n) is 4.85. The molecule has 1 aliphatic heterocycles. The third kappa shape index (κ3) is 4.69. The second-order valence-electron chi connectivity index (χ2n) is 6.83. The molecular weight excluding hydrogens is 469 g/mol. The molecule has 2 aromatic carbocycles. The Morgan fingerprint density at radius 2 is 1.74 bits per heavy atom. The highest BCUT2D eigenvalue weighted by molar-refractivity contribution is 7.92. The summed E-state index contributed by atoms with van der Waals surface area (Å²) in [6, 6.07) is 5.77. The number of carbonyl (C=O) groups excluding carboxylic acids is 1. The minimum Gasteiger partial charge on any atom is -0.326 e. The van der Waals surface area contributed by atoms with E-state index in [-0.39, 0.29) is 53.1 Å². The van der Waals surface area contributed by atoms with Crippen LogP contribution in [-0.2, 0) is 31.3 Å². The van der Waals surface area contributed by atoms with Gasteiger partial charge < -0.3 is 5.32 Å². The van der Waals surface area contributed by atoms with Crippen LogP contribution in [0.3, 0.4) is 0 Å². The monoisotopic (exact) mass is 489 g/mol. The first kappa shape index (κ1) is 23.5. The van der Waals surface area contributed by atoms with Crippen molar-refractivity contribution in [1.29, 1.82) is 0 Å². The Balaban J connectivity index is 1.99. The van der Waals surface area contributed by atoms with Gasteiger partial charge in [-0.2, -0.15) is 4.31 Å². The lowest BCUT2D eigenvalue weighted by Crippen LogP contribution is -2.31. The van der Waals surface area contributed by atoms with Crippen molar-refractivity contribution in [2.24, 2.45) is 0 Å². The van der Waals surface area contributed by atoms with Crippen LogP contribution in [0.4, 0.5) is 15.8 Å². The van der Waals surface area contributed by atoms with E-state index in [4.69, 9.17) is 11.6 Å². The fourth-order valence-corrected chi connectivity index (χ4v) is 6.38. The molecule has 0 fully saturated rings. The van der Waals surface area contributed by atoms with Crippen LogP contribution in [0.2, 0.25) is 5.02 Å². The number of halogens is 2. The Bertz CT molecular complexity index is 1250. The van der Waals surface area contributed by atoms with E-state index in [1.54, 1.807) is 13.8 Å². The van der Waals surface area contributed by atoms with E-state index < -0.39 is 30.8 Å². The lowest BCUT2D eigenvalue weighted by molar-refractivity contribution is -0.116. The van der Waals surface area contributed by atoms with Crippen LogP contribution in [0.25, 0.3) is 0 Å². The molecule has 1 aliphatic rings.